The van der Waals surface area contributed by atoms with E-state index in [4.69, 9.17) is 9.57 Å². The molecule has 0 unspecified atom stereocenters. The third-order valence-electron chi connectivity index (χ3n) is 4.11. The Balaban J connectivity index is 1.62. The number of nitrogens with zero attached hydrogens (tertiary/aromatic N) is 1. The van der Waals surface area contributed by atoms with Crippen molar-refractivity contribution in [2.24, 2.45) is 5.16 Å². The van der Waals surface area contributed by atoms with E-state index in [2.05, 4.69) is 10.5 Å². The second-order valence-electron chi connectivity index (χ2n) is 6.08. The first kappa shape index (κ1) is 17.0. The van der Waals surface area contributed by atoms with Crippen LogP contribution in [0.25, 0.3) is 0 Å². The van der Waals surface area contributed by atoms with Gasteiger partial charge in [-0.3, -0.25) is 4.79 Å². The van der Waals surface area contributed by atoms with Crippen molar-refractivity contribution in [2.45, 2.75) is 25.5 Å². The van der Waals surface area contributed by atoms with Crippen LogP contribution in [0.1, 0.15) is 24.5 Å². The average Bonchev–Trinajstić information content (AvgIpc) is 3.03. The Morgan fingerprint density at radius 3 is 2.76 bits per heavy atom. The zero-order valence-corrected chi connectivity index (χ0v) is 14.1. The lowest BCUT2D eigenvalue weighted by Gasteiger charge is -2.20. The molecule has 2 aromatic rings. The third-order valence-corrected chi connectivity index (χ3v) is 4.11. The number of benzene rings is 2. The summed E-state index contributed by atoms with van der Waals surface area (Å²) in [6.45, 7) is 1.92. The van der Waals surface area contributed by atoms with Crippen LogP contribution in [0.2, 0.25) is 0 Å². The summed E-state index contributed by atoms with van der Waals surface area (Å²) in [5, 5.41) is 6.83. The first-order valence-corrected chi connectivity index (χ1v) is 7.92. The molecule has 130 valence electrons. The molecule has 25 heavy (non-hydrogen) atoms. The lowest BCUT2D eigenvalue weighted by molar-refractivity contribution is -0.141. The minimum absolute atomic E-state index is 0.230. The molecule has 0 bridgehead atoms. The predicted molar refractivity (Wildman–Crippen MR) is 91.9 cm³/mol. The zero-order chi connectivity index (χ0) is 17.9. The van der Waals surface area contributed by atoms with Crippen LogP contribution in [0.4, 0.5) is 4.39 Å². The van der Waals surface area contributed by atoms with Crippen LogP contribution >= 0.6 is 0 Å². The smallest absolute Gasteiger partial charge is 0.267 e. The van der Waals surface area contributed by atoms with Crippen molar-refractivity contribution >= 4 is 11.6 Å². The number of rotatable bonds is 5. The van der Waals surface area contributed by atoms with Gasteiger partial charge in [0.25, 0.3) is 5.91 Å². The van der Waals surface area contributed by atoms with Crippen LogP contribution in [0, 0.1) is 5.82 Å². The Hall–Kier alpha value is -2.89. The molecule has 0 saturated heterocycles. The molecule has 1 amide bonds. The molecule has 3 rings (SSSR count). The second-order valence-corrected chi connectivity index (χ2v) is 6.08. The Bertz CT molecular complexity index is 805. The van der Waals surface area contributed by atoms with Gasteiger partial charge in [-0.15, -0.1) is 0 Å². The van der Waals surface area contributed by atoms with Gasteiger partial charge in [-0.25, -0.2) is 4.39 Å². The summed E-state index contributed by atoms with van der Waals surface area (Å²) in [5.41, 5.74) is 1.18. The highest BCUT2D eigenvalue weighted by Crippen LogP contribution is 2.27. The molecule has 1 heterocycles. The maximum absolute atomic E-state index is 13.2. The molecular formula is C19H19FN2O3. The molecular weight excluding hydrogens is 323 g/mol. The van der Waals surface area contributed by atoms with Crippen molar-refractivity contribution in [2.75, 3.05) is 7.11 Å². The maximum atomic E-state index is 13.2. The standard InChI is InChI=1S/C19H19FN2O3/c1-19(18(23)21-12-13-4-3-5-15(20)10-13)11-17(22-25-19)14-6-8-16(24-2)9-7-14/h3-10H,11-12H2,1-2H3,(H,21,23)/t19-/m1/s1. The van der Waals surface area contributed by atoms with E-state index in [-0.39, 0.29) is 18.3 Å². The SMILES string of the molecule is COc1ccc(C2=NO[C@@](C)(C(=O)NCc3cccc(F)c3)C2)cc1. The summed E-state index contributed by atoms with van der Waals surface area (Å²) in [5.74, 6) is 0.128. The minimum atomic E-state index is -1.08. The fourth-order valence-electron chi connectivity index (χ4n) is 2.62. The predicted octanol–water partition coefficient (Wildman–Crippen LogP) is 3.03. The molecule has 0 aliphatic carbocycles. The number of amides is 1. The number of carbonyl (C=O) groups excluding carboxylic acids is 1. The Morgan fingerprint density at radius 1 is 1.32 bits per heavy atom. The van der Waals surface area contributed by atoms with E-state index in [1.807, 2.05) is 24.3 Å². The zero-order valence-electron chi connectivity index (χ0n) is 14.1. The molecule has 0 fully saturated rings. The molecule has 0 radical (unpaired) electrons. The number of ether oxygens (including phenoxy) is 1. The number of nitrogens with one attached hydrogen (secondary N) is 1. The van der Waals surface area contributed by atoms with Gasteiger partial charge in [0.1, 0.15) is 11.6 Å². The first-order valence-electron chi connectivity index (χ1n) is 7.92. The fourth-order valence-corrected chi connectivity index (χ4v) is 2.62. The Kier molecular flexibility index (Phi) is 4.70. The molecule has 1 aliphatic rings. The van der Waals surface area contributed by atoms with E-state index in [0.29, 0.717) is 17.7 Å². The number of hydrogen-bond acceptors (Lipinski definition) is 4. The maximum Gasteiger partial charge on any atom is 0.267 e. The van der Waals surface area contributed by atoms with Gasteiger partial charge in [0.15, 0.2) is 0 Å². The number of methoxy groups -OCH3 is 1. The quantitative estimate of drug-likeness (QED) is 0.909. The van der Waals surface area contributed by atoms with Gasteiger partial charge in [-0.05, 0) is 54.4 Å². The molecule has 1 aliphatic heterocycles. The minimum Gasteiger partial charge on any atom is -0.497 e. The lowest BCUT2D eigenvalue weighted by atomic mass is 9.95. The fraction of sp³-hybridized carbons (Fsp3) is 0.263. The van der Waals surface area contributed by atoms with Crippen LogP contribution in [-0.2, 0) is 16.2 Å². The van der Waals surface area contributed by atoms with Crippen LogP contribution in [0.3, 0.4) is 0 Å². The monoisotopic (exact) mass is 342 g/mol. The highest BCUT2D eigenvalue weighted by atomic mass is 19.1. The highest BCUT2D eigenvalue weighted by molar-refractivity contribution is 6.05. The molecule has 6 heteroatoms. The van der Waals surface area contributed by atoms with Crippen LogP contribution < -0.4 is 10.1 Å². The summed E-state index contributed by atoms with van der Waals surface area (Å²) in [6.07, 6.45) is 0.355. The van der Waals surface area contributed by atoms with Gasteiger partial charge in [-0.1, -0.05) is 17.3 Å². The normalized spacial score (nSPS) is 19.1. The van der Waals surface area contributed by atoms with E-state index in [1.165, 1.54) is 12.1 Å². The van der Waals surface area contributed by atoms with Crippen molar-refractivity contribution in [3.63, 3.8) is 0 Å². The summed E-state index contributed by atoms with van der Waals surface area (Å²) in [6, 6.07) is 13.5. The summed E-state index contributed by atoms with van der Waals surface area (Å²) >= 11 is 0. The van der Waals surface area contributed by atoms with Gasteiger partial charge < -0.3 is 14.9 Å². The van der Waals surface area contributed by atoms with Gasteiger partial charge in [-0.2, -0.15) is 0 Å². The summed E-state index contributed by atoms with van der Waals surface area (Å²) < 4.78 is 18.3. The first-order chi connectivity index (χ1) is 12.0. The second kappa shape index (κ2) is 6.93. The van der Waals surface area contributed by atoms with Crippen molar-refractivity contribution in [3.8, 4) is 5.75 Å². The van der Waals surface area contributed by atoms with Gasteiger partial charge in [0.2, 0.25) is 5.60 Å². The van der Waals surface area contributed by atoms with E-state index < -0.39 is 5.60 Å². The molecule has 0 saturated carbocycles. The third kappa shape index (κ3) is 3.79. The van der Waals surface area contributed by atoms with Crippen molar-refractivity contribution < 1.29 is 18.8 Å². The molecule has 1 N–H and O–H groups in total. The van der Waals surface area contributed by atoms with E-state index in [0.717, 1.165) is 11.3 Å². The number of oxime groups is 1. The molecule has 0 spiro atoms. The Morgan fingerprint density at radius 2 is 2.08 bits per heavy atom. The van der Waals surface area contributed by atoms with Gasteiger partial charge in [0, 0.05) is 13.0 Å². The molecule has 2 aromatic carbocycles. The van der Waals surface area contributed by atoms with Gasteiger partial charge >= 0.3 is 0 Å². The summed E-state index contributed by atoms with van der Waals surface area (Å²) in [7, 11) is 1.60. The largest absolute Gasteiger partial charge is 0.497 e. The topological polar surface area (TPSA) is 59.9 Å². The van der Waals surface area contributed by atoms with Gasteiger partial charge in [0.05, 0.1) is 12.8 Å². The van der Waals surface area contributed by atoms with E-state index in [1.54, 1.807) is 26.2 Å². The lowest BCUT2D eigenvalue weighted by Crippen LogP contribution is -2.44. The number of halogens is 1. The van der Waals surface area contributed by atoms with Crippen molar-refractivity contribution in [3.05, 3.63) is 65.5 Å². The molecule has 5 nitrogen and oxygen atoms in total. The van der Waals surface area contributed by atoms with Crippen LogP contribution in [0.5, 0.6) is 5.75 Å². The average molecular weight is 342 g/mol. The summed E-state index contributed by atoms with van der Waals surface area (Å²) in [4.78, 5) is 17.9. The van der Waals surface area contributed by atoms with Crippen molar-refractivity contribution in [1.29, 1.82) is 0 Å². The van der Waals surface area contributed by atoms with Crippen LogP contribution in [-0.4, -0.2) is 24.3 Å². The van der Waals surface area contributed by atoms with E-state index >= 15 is 0 Å². The number of hydrogen-bond donors (Lipinski definition) is 1. The molecule has 1 atom stereocenters. The van der Waals surface area contributed by atoms with Crippen molar-refractivity contribution in [1.82, 2.24) is 5.32 Å². The number of carbonyl (C=O) groups is 1. The molecule has 0 aromatic heterocycles. The Labute approximate surface area is 145 Å². The van der Waals surface area contributed by atoms with Crippen LogP contribution in [0.15, 0.2) is 53.7 Å². The highest BCUT2D eigenvalue weighted by Gasteiger charge is 2.42. The van der Waals surface area contributed by atoms with E-state index in [9.17, 15) is 9.18 Å².